The van der Waals surface area contributed by atoms with Crippen LogP contribution in [0.15, 0.2) is 29.4 Å². The number of fused-ring (bicyclic) bond motifs is 1. The number of thioether (sulfide) groups is 1. The molecule has 0 radical (unpaired) electrons. The SMILES string of the molecule is C[C@H](Sc1nnc(CCC(N)=O)n1C1CC1)C(=O)N[C@H]1CCCc2ccccc21. The van der Waals surface area contributed by atoms with Crippen molar-refractivity contribution in [2.24, 2.45) is 5.73 Å². The maximum Gasteiger partial charge on any atom is 0.233 e. The van der Waals surface area contributed by atoms with Crippen LogP contribution in [0.5, 0.6) is 0 Å². The van der Waals surface area contributed by atoms with E-state index in [1.807, 2.05) is 13.0 Å². The standard InChI is InChI=1S/C21H27N5O2S/c1-13(20(28)23-17-8-4-6-14-5-2-3-7-16(14)17)29-21-25-24-19(12-11-18(22)27)26(21)15-9-10-15/h2-3,5,7,13,15,17H,4,6,8-12H2,1H3,(H2,22,27)(H,23,28)/t13-,17-/m0/s1. The number of hydrogen-bond acceptors (Lipinski definition) is 5. The summed E-state index contributed by atoms with van der Waals surface area (Å²) in [6.07, 6.45) is 6.03. The van der Waals surface area contributed by atoms with Crippen LogP contribution in [-0.4, -0.2) is 31.8 Å². The van der Waals surface area contributed by atoms with Gasteiger partial charge in [0, 0.05) is 18.9 Å². The minimum atomic E-state index is -0.343. The van der Waals surface area contributed by atoms with Crippen molar-refractivity contribution in [1.82, 2.24) is 20.1 Å². The van der Waals surface area contributed by atoms with E-state index < -0.39 is 0 Å². The van der Waals surface area contributed by atoms with Gasteiger partial charge in [0.05, 0.1) is 11.3 Å². The van der Waals surface area contributed by atoms with E-state index in [0.717, 1.165) is 43.1 Å². The van der Waals surface area contributed by atoms with E-state index in [0.29, 0.717) is 12.5 Å². The minimum absolute atomic E-state index is 0.0146. The topological polar surface area (TPSA) is 103 Å². The summed E-state index contributed by atoms with van der Waals surface area (Å²) in [7, 11) is 0. The van der Waals surface area contributed by atoms with Gasteiger partial charge in [-0.05, 0) is 50.2 Å². The van der Waals surface area contributed by atoms with Crippen LogP contribution < -0.4 is 11.1 Å². The Morgan fingerprint density at radius 2 is 2.07 bits per heavy atom. The van der Waals surface area contributed by atoms with E-state index in [1.165, 1.54) is 22.9 Å². The third-order valence-electron chi connectivity index (χ3n) is 5.58. The van der Waals surface area contributed by atoms with Crippen molar-refractivity contribution in [3.63, 3.8) is 0 Å². The Balaban J connectivity index is 1.42. The maximum atomic E-state index is 12.9. The summed E-state index contributed by atoms with van der Waals surface area (Å²) in [5, 5.41) is 12.3. The Labute approximate surface area is 174 Å². The molecule has 29 heavy (non-hydrogen) atoms. The fourth-order valence-electron chi connectivity index (χ4n) is 3.90. The van der Waals surface area contributed by atoms with Crippen molar-refractivity contribution in [2.45, 2.75) is 74.4 Å². The highest BCUT2D eigenvalue weighted by Gasteiger charge is 2.31. The lowest BCUT2D eigenvalue weighted by Gasteiger charge is -2.27. The van der Waals surface area contributed by atoms with Crippen LogP contribution in [0.4, 0.5) is 0 Å². The Kier molecular flexibility index (Phi) is 5.89. The van der Waals surface area contributed by atoms with Gasteiger partial charge in [0.15, 0.2) is 5.16 Å². The zero-order valence-electron chi connectivity index (χ0n) is 16.6. The van der Waals surface area contributed by atoms with Gasteiger partial charge in [-0.1, -0.05) is 36.0 Å². The first kappa shape index (κ1) is 19.9. The summed E-state index contributed by atoms with van der Waals surface area (Å²) in [5.74, 6) is 0.452. The van der Waals surface area contributed by atoms with Crippen molar-refractivity contribution in [2.75, 3.05) is 0 Å². The van der Waals surface area contributed by atoms with Crippen LogP contribution in [0.3, 0.4) is 0 Å². The molecule has 0 aliphatic heterocycles. The van der Waals surface area contributed by atoms with Gasteiger partial charge in [0.2, 0.25) is 11.8 Å². The molecule has 1 fully saturated rings. The first-order valence-corrected chi connectivity index (χ1v) is 11.2. The molecule has 3 N–H and O–H groups in total. The van der Waals surface area contributed by atoms with E-state index in [4.69, 9.17) is 5.73 Å². The molecule has 8 heteroatoms. The molecular weight excluding hydrogens is 386 g/mol. The quantitative estimate of drug-likeness (QED) is 0.648. The Hall–Kier alpha value is -2.35. The number of nitrogens with one attached hydrogen (secondary N) is 1. The van der Waals surface area contributed by atoms with Gasteiger partial charge < -0.3 is 15.6 Å². The monoisotopic (exact) mass is 413 g/mol. The van der Waals surface area contributed by atoms with Crippen molar-refractivity contribution < 1.29 is 9.59 Å². The van der Waals surface area contributed by atoms with Crippen LogP contribution in [0, 0.1) is 0 Å². The van der Waals surface area contributed by atoms with E-state index in [-0.39, 0.29) is 29.5 Å². The Bertz CT molecular complexity index is 908. The van der Waals surface area contributed by atoms with Gasteiger partial charge in [-0.2, -0.15) is 0 Å². The summed E-state index contributed by atoms with van der Waals surface area (Å²) < 4.78 is 2.09. The molecule has 2 aromatic rings. The van der Waals surface area contributed by atoms with Crippen molar-refractivity contribution in [1.29, 1.82) is 0 Å². The van der Waals surface area contributed by atoms with Crippen LogP contribution in [0.25, 0.3) is 0 Å². The van der Waals surface area contributed by atoms with E-state index >= 15 is 0 Å². The van der Waals surface area contributed by atoms with Crippen LogP contribution >= 0.6 is 11.8 Å². The summed E-state index contributed by atoms with van der Waals surface area (Å²) >= 11 is 1.43. The van der Waals surface area contributed by atoms with Gasteiger partial charge in [-0.15, -0.1) is 10.2 Å². The normalized spacial score (nSPS) is 19.4. The third kappa shape index (κ3) is 4.63. The molecule has 1 heterocycles. The fraction of sp³-hybridized carbons (Fsp3) is 0.524. The van der Waals surface area contributed by atoms with Gasteiger partial charge in [-0.3, -0.25) is 9.59 Å². The highest BCUT2D eigenvalue weighted by Crippen LogP contribution is 2.40. The molecule has 0 spiro atoms. The molecule has 0 saturated heterocycles. The lowest BCUT2D eigenvalue weighted by atomic mass is 9.88. The molecular formula is C21H27N5O2S. The number of carbonyl (C=O) groups is 2. The summed E-state index contributed by atoms with van der Waals surface area (Å²) in [6, 6.07) is 8.80. The molecule has 0 bridgehead atoms. The summed E-state index contributed by atoms with van der Waals surface area (Å²) in [5.41, 5.74) is 7.84. The summed E-state index contributed by atoms with van der Waals surface area (Å²) in [4.78, 5) is 24.0. The van der Waals surface area contributed by atoms with Crippen molar-refractivity contribution >= 4 is 23.6 Å². The van der Waals surface area contributed by atoms with Crippen LogP contribution in [0.1, 0.15) is 68.1 Å². The maximum absolute atomic E-state index is 12.9. The molecule has 1 saturated carbocycles. The number of benzene rings is 1. The van der Waals surface area contributed by atoms with Gasteiger partial charge in [0.25, 0.3) is 0 Å². The Morgan fingerprint density at radius 1 is 1.28 bits per heavy atom. The van der Waals surface area contributed by atoms with E-state index in [9.17, 15) is 9.59 Å². The second kappa shape index (κ2) is 8.57. The largest absolute Gasteiger partial charge is 0.370 e. The number of primary amides is 1. The van der Waals surface area contributed by atoms with Crippen LogP contribution in [-0.2, 0) is 22.4 Å². The fourth-order valence-corrected chi connectivity index (χ4v) is 4.84. The molecule has 0 unspecified atom stereocenters. The van der Waals surface area contributed by atoms with Gasteiger partial charge >= 0.3 is 0 Å². The van der Waals surface area contributed by atoms with Gasteiger partial charge in [-0.25, -0.2) is 0 Å². The van der Waals surface area contributed by atoms with Crippen molar-refractivity contribution in [3.8, 4) is 0 Å². The van der Waals surface area contributed by atoms with E-state index in [2.05, 4.69) is 38.3 Å². The number of aryl methyl sites for hydroxylation is 2. The number of hydrogen-bond donors (Lipinski definition) is 2. The summed E-state index contributed by atoms with van der Waals surface area (Å²) in [6.45, 7) is 1.91. The molecule has 7 nitrogen and oxygen atoms in total. The molecule has 2 aliphatic rings. The molecule has 4 rings (SSSR count). The molecule has 154 valence electrons. The highest BCUT2D eigenvalue weighted by atomic mass is 32.2. The molecule has 1 aromatic carbocycles. The zero-order chi connectivity index (χ0) is 20.4. The molecule has 2 amide bonds. The second-order valence-corrected chi connectivity index (χ2v) is 9.19. The number of aromatic nitrogens is 3. The number of amides is 2. The number of carbonyl (C=O) groups excluding carboxylic acids is 2. The average Bonchev–Trinajstić information content (AvgIpc) is 3.47. The smallest absolute Gasteiger partial charge is 0.233 e. The zero-order valence-corrected chi connectivity index (χ0v) is 17.5. The first-order valence-electron chi connectivity index (χ1n) is 10.3. The first-order chi connectivity index (χ1) is 14.0. The molecule has 2 atom stereocenters. The molecule has 2 aliphatic carbocycles. The lowest BCUT2D eigenvalue weighted by molar-refractivity contribution is -0.121. The predicted octanol–water partition coefficient (Wildman–Crippen LogP) is 2.71. The van der Waals surface area contributed by atoms with E-state index in [1.54, 1.807) is 0 Å². The number of nitrogens with two attached hydrogens (primary N) is 1. The van der Waals surface area contributed by atoms with Crippen LogP contribution in [0.2, 0.25) is 0 Å². The predicted molar refractivity (Wildman–Crippen MR) is 111 cm³/mol. The third-order valence-corrected chi connectivity index (χ3v) is 6.64. The Morgan fingerprint density at radius 3 is 2.83 bits per heavy atom. The van der Waals surface area contributed by atoms with Gasteiger partial charge in [0.1, 0.15) is 5.82 Å². The number of rotatable bonds is 8. The number of nitrogens with zero attached hydrogens (tertiary/aromatic N) is 3. The minimum Gasteiger partial charge on any atom is -0.370 e. The highest BCUT2D eigenvalue weighted by molar-refractivity contribution is 8.00. The lowest BCUT2D eigenvalue weighted by Crippen LogP contribution is -2.36. The average molecular weight is 414 g/mol. The second-order valence-electron chi connectivity index (χ2n) is 7.88. The molecule has 1 aromatic heterocycles. The van der Waals surface area contributed by atoms with Crippen molar-refractivity contribution in [3.05, 3.63) is 41.2 Å².